The van der Waals surface area contributed by atoms with E-state index in [2.05, 4.69) is 47.9 Å². The summed E-state index contributed by atoms with van der Waals surface area (Å²) >= 11 is 0. The molecule has 0 unspecified atom stereocenters. The van der Waals surface area contributed by atoms with Crippen LogP contribution in [0.5, 0.6) is 5.75 Å². The predicted octanol–water partition coefficient (Wildman–Crippen LogP) is 4.27. The van der Waals surface area contributed by atoms with Crippen molar-refractivity contribution in [2.75, 3.05) is 13.3 Å². The summed E-state index contributed by atoms with van der Waals surface area (Å²) in [4.78, 5) is 11.8. The van der Waals surface area contributed by atoms with Gasteiger partial charge in [0.15, 0.2) is 6.73 Å². The predicted molar refractivity (Wildman–Crippen MR) is 102 cm³/mol. The third-order valence-electron chi connectivity index (χ3n) is 4.34. The Hall–Kier alpha value is -2.49. The van der Waals surface area contributed by atoms with E-state index >= 15 is 0 Å². The van der Waals surface area contributed by atoms with Crippen molar-refractivity contribution in [3.63, 3.8) is 0 Å². The zero-order valence-electron chi connectivity index (χ0n) is 15.4. The van der Waals surface area contributed by atoms with Crippen LogP contribution >= 0.6 is 0 Å². The van der Waals surface area contributed by atoms with E-state index in [1.165, 1.54) is 11.1 Å². The van der Waals surface area contributed by atoms with E-state index in [0.29, 0.717) is 6.54 Å². The molecule has 0 aliphatic carbocycles. The van der Waals surface area contributed by atoms with Gasteiger partial charge in [0.05, 0.1) is 0 Å². The lowest BCUT2D eigenvalue weighted by Crippen LogP contribution is -2.38. The van der Waals surface area contributed by atoms with Crippen LogP contribution in [0.4, 0.5) is 4.79 Å². The van der Waals surface area contributed by atoms with Gasteiger partial charge < -0.3 is 15.4 Å². The number of benzene rings is 2. The fourth-order valence-corrected chi connectivity index (χ4v) is 2.68. The number of amides is 2. The summed E-state index contributed by atoms with van der Waals surface area (Å²) in [5.41, 5.74) is 4.71. The summed E-state index contributed by atoms with van der Waals surface area (Å²) < 4.78 is 5.73. The summed E-state index contributed by atoms with van der Waals surface area (Å²) in [6, 6.07) is 14.3. The Morgan fingerprint density at radius 3 is 2.40 bits per heavy atom. The third-order valence-corrected chi connectivity index (χ3v) is 4.34. The van der Waals surface area contributed by atoms with E-state index in [4.69, 9.17) is 4.74 Å². The summed E-state index contributed by atoms with van der Waals surface area (Å²) in [7, 11) is 0. The van der Waals surface area contributed by atoms with Gasteiger partial charge >= 0.3 is 6.03 Å². The number of hydrogen-bond donors (Lipinski definition) is 2. The molecule has 0 saturated heterocycles. The smallest absolute Gasteiger partial charge is 0.317 e. The minimum atomic E-state index is -0.192. The maximum Gasteiger partial charge on any atom is 0.317 e. The van der Waals surface area contributed by atoms with Crippen molar-refractivity contribution in [1.82, 2.24) is 10.6 Å². The van der Waals surface area contributed by atoms with Gasteiger partial charge in [0.2, 0.25) is 0 Å². The number of unbranched alkanes of at least 4 members (excludes halogenated alkanes) is 1. The van der Waals surface area contributed by atoms with Crippen molar-refractivity contribution in [2.24, 2.45) is 0 Å². The van der Waals surface area contributed by atoms with Crippen LogP contribution in [0.25, 0.3) is 0 Å². The van der Waals surface area contributed by atoms with Gasteiger partial charge in [-0.25, -0.2) is 4.79 Å². The molecule has 2 rings (SSSR count). The molecule has 0 spiro atoms. The number of urea groups is 1. The molecule has 0 aliphatic rings. The Bertz CT molecular complexity index is 684. The van der Waals surface area contributed by atoms with Gasteiger partial charge in [0, 0.05) is 6.54 Å². The molecule has 2 aromatic rings. The fraction of sp³-hybridized carbons (Fsp3) is 0.381. The summed E-state index contributed by atoms with van der Waals surface area (Å²) in [5.74, 6) is 0.850. The normalized spacial score (nSPS) is 10.4. The molecule has 2 aromatic carbocycles. The van der Waals surface area contributed by atoms with Crippen molar-refractivity contribution in [2.45, 2.75) is 40.0 Å². The third kappa shape index (κ3) is 6.14. The molecule has 4 nitrogen and oxygen atoms in total. The van der Waals surface area contributed by atoms with Crippen molar-refractivity contribution in [3.05, 3.63) is 64.7 Å². The van der Waals surface area contributed by atoms with Crippen molar-refractivity contribution < 1.29 is 9.53 Å². The van der Waals surface area contributed by atoms with E-state index in [-0.39, 0.29) is 12.8 Å². The molecule has 0 saturated carbocycles. The monoisotopic (exact) mass is 340 g/mol. The van der Waals surface area contributed by atoms with Crippen LogP contribution < -0.4 is 15.4 Å². The van der Waals surface area contributed by atoms with E-state index in [1.807, 2.05) is 26.0 Å². The minimum absolute atomic E-state index is 0.168. The van der Waals surface area contributed by atoms with Crippen molar-refractivity contribution in [1.29, 1.82) is 0 Å². The lowest BCUT2D eigenvalue weighted by Gasteiger charge is -2.14. The van der Waals surface area contributed by atoms with Crippen molar-refractivity contribution in [3.8, 4) is 5.75 Å². The van der Waals surface area contributed by atoms with Gasteiger partial charge in [0.1, 0.15) is 5.75 Å². The summed E-state index contributed by atoms with van der Waals surface area (Å²) in [6.45, 7) is 6.93. The molecule has 4 heteroatoms. The zero-order valence-corrected chi connectivity index (χ0v) is 15.4. The quantitative estimate of drug-likeness (QED) is 0.557. The van der Waals surface area contributed by atoms with Gasteiger partial charge in [-0.05, 0) is 62.3 Å². The lowest BCUT2D eigenvalue weighted by molar-refractivity contribution is 0.223. The van der Waals surface area contributed by atoms with Gasteiger partial charge in [0.25, 0.3) is 0 Å². The second-order valence-electron chi connectivity index (χ2n) is 6.32. The van der Waals surface area contributed by atoms with Crippen LogP contribution in [0.1, 0.15) is 35.1 Å². The molecule has 2 amide bonds. The van der Waals surface area contributed by atoms with Crippen LogP contribution in [0.3, 0.4) is 0 Å². The molecular weight excluding hydrogens is 312 g/mol. The molecule has 134 valence electrons. The van der Waals surface area contributed by atoms with Crippen LogP contribution in [0, 0.1) is 20.8 Å². The van der Waals surface area contributed by atoms with Crippen molar-refractivity contribution >= 4 is 6.03 Å². The average Bonchev–Trinajstić information content (AvgIpc) is 2.62. The number of rotatable bonds is 8. The van der Waals surface area contributed by atoms with Gasteiger partial charge in [-0.15, -0.1) is 0 Å². The summed E-state index contributed by atoms with van der Waals surface area (Å²) in [6.07, 6.45) is 3.06. The van der Waals surface area contributed by atoms with E-state index in [1.54, 1.807) is 0 Å². The number of hydrogen-bond acceptors (Lipinski definition) is 2. The standard InChI is InChI=1S/C21H28N2O2/c1-16-12-13-17(2)20(18(16)3)25-15-23-21(24)22-14-8-7-11-19-9-5-4-6-10-19/h4-6,9-10,12-13H,7-8,11,14-15H2,1-3H3,(H2,22,23,24). The number of aryl methyl sites for hydroxylation is 3. The van der Waals surface area contributed by atoms with Gasteiger partial charge in [-0.2, -0.15) is 0 Å². The molecule has 0 heterocycles. The van der Waals surface area contributed by atoms with E-state index in [9.17, 15) is 4.79 Å². The number of ether oxygens (including phenoxy) is 1. The maximum atomic E-state index is 11.8. The second kappa shape index (κ2) is 9.72. The zero-order chi connectivity index (χ0) is 18.1. The maximum absolute atomic E-state index is 11.8. The Kier molecular flexibility index (Phi) is 7.33. The summed E-state index contributed by atoms with van der Waals surface area (Å²) in [5, 5.41) is 5.61. The van der Waals surface area contributed by atoms with E-state index < -0.39 is 0 Å². The number of carbonyl (C=O) groups is 1. The highest BCUT2D eigenvalue weighted by Crippen LogP contribution is 2.25. The van der Waals surface area contributed by atoms with Crippen LogP contribution in [-0.2, 0) is 6.42 Å². The van der Waals surface area contributed by atoms with Gasteiger partial charge in [-0.1, -0.05) is 42.5 Å². The molecule has 25 heavy (non-hydrogen) atoms. The highest BCUT2D eigenvalue weighted by molar-refractivity contribution is 5.73. The molecule has 0 aliphatic heterocycles. The second-order valence-corrected chi connectivity index (χ2v) is 6.32. The first-order valence-electron chi connectivity index (χ1n) is 8.83. The Balaban J connectivity index is 1.61. The van der Waals surface area contributed by atoms with Crippen LogP contribution in [0.2, 0.25) is 0 Å². The Morgan fingerprint density at radius 1 is 0.920 bits per heavy atom. The molecule has 0 fully saturated rings. The highest BCUT2D eigenvalue weighted by atomic mass is 16.5. The minimum Gasteiger partial charge on any atom is -0.473 e. The first-order chi connectivity index (χ1) is 12.1. The highest BCUT2D eigenvalue weighted by Gasteiger charge is 2.07. The molecule has 0 atom stereocenters. The molecular formula is C21H28N2O2. The molecule has 2 N–H and O–H groups in total. The Labute approximate surface area is 150 Å². The lowest BCUT2D eigenvalue weighted by atomic mass is 10.1. The number of nitrogens with one attached hydrogen (secondary N) is 2. The average molecular weight is 340 g/mol. The van der Waals surface area contributed by atoms with Crippen LogP contribution in [0.15, 0.2) is 42.5 Å². The first-order valence-corrected chi connectivity index (χ1v) is 8.83. The molecule has 0 radical (unpaired) electrons. The molecule has 0 aromatic heterocycles. The van der Waals surface area contributed by atoms with Gasteiger partial charge in [-0.3, -0.25) is 0 Å². The largest absolute Gasteiger partial charge is 0.473 e. The fourth-order valence-electron chi connectivity index (χ4n) is 2.68. The van der Waals surface area contributed by atoms with Crippen LogP contribution in [-0.4, -0.2) is 19.3 Å². The molecule has 0 bridgehead atoms. The SMILES string of the molecule is Cc1ccc(C)c(OCNC(=O)NCCCCc2ccccc2)c1C. The number of carbonyl (C=O) groups excluding carboxylic acids is 1. The Morgan fingerprint density at radius 2 is 1.64 bits per heavy atom. The van der Waals surface area contributed by atoms with E-state index in [0.717, 1.165) is 36.1 Å². The first kappa shape index (κ1) is 18.8. The topological polar surface area (TPSA) is 50.4 Å².